The van der Waals surface area contributed by atoms with Crippen LogP contribution in [0.5, 0.6) is 11.5 Å². The van der Waals surface area contributed by atoms with Crippen molar-refractivity contribution in [3.05, 3.63) is 65.3 Å². The number of nitrogens with one attached hydrogen (secondary N) is 1. The summed E-state index contributed by atoms with van der Waals surface area (Å²) in [6.07, 6.45) is 2.47. The van der Waals surface area contributed by atoms with Crippen molar-refractivity contribution in [2.45, 2.75) is 11.4 Å². The van der Waals surface area contributed by atoms with Crippen molar-refractivity contribution in [3.8, 4) is 22.8 Å². The normalized spacial score (nSPS) is 11.7. The third-order valence-electron chi connectivity index (χ3n) is 5.34. The Kier molecular flexibility index (Phi) is 6.84. The maximum absolute atomic E-state index is 12.6. The Morgan fingerprint density at radius 2 is 1.83 bits per heavy atom. The van der Waals surface area contributed by atoms with Gasteiger partial charge in [0.2, 0.25) is 0 Å². The molecule has 2 heterocycles. The zero-order valence-corrected chi connectivity index (χ0v) is 21.3. The lowest BCUT2D eigenvalue weighted by Gasteiger charge is -2.15. The van der Waals surface area contributed by atoms with Crippen LogP contribution in [0.25, 0.3) is 22.3 Å². The average molecular weight is 513 g/mol. The molecule has 0 amide bonds. The molecule has 0 spiro atoms. The number of pyridine rings is 2. The molecule has 0 fully saturated rings. The lowest BCUT2D eigenvalue weighted by molar-refractivity contribution is 0.374. The smallest absolute Gasteiger partial charge is 0.179 e. The van der Waals surface area contributed by atoms with E-state index in [9.17, 15) is 13.5 Å². The van der Waals surface area contributed by atoms with Gasteiger partial charge in [-0.05, 0) is 56.1 Å². The molecular weight excluding hydrogens is 488 g/mol. The topological polar surface area (TPSA) is 105 Å². The summed E-state index contributed by atoms with van der Waals surface area (Å²) in [4.78, 5) is 11.1. The van der Waals surface area contributed by atoms with E-state index < -0.39 is 9.84 Å². The molecule has 2 aromatic carbocycles. The molecule has 182 valence electrons. The molecule has 0 aliphatic carbocycles. The standard InChI is InChI=1S/C25H25ClN4O4S/c1-30(2)14-15-5-7-17(8-6-15)28-24-22(35(4,32)33)13-27-20-10-9-19(29-23(20)24)16-11-18(26)25(31)21(12-16)34-3/h5-13,31H,14H2,1-4H3,(H,27,28). The molecule has 2 aromatic heterocycles. The number of sulfone groups is 1. The first-order chi connectivity index (χ1) is 16.6. The van der Waals surface area contributed by atoms with Gasteiger partial charge in [0.1, 0.15) is 10.4 Å². The first-order valence-electron chi connectivity index (χ1n) is 10.6. The maximum atomic E-state index is 12.6. The molecular formula is C25H25ClN4O4S. The molecule has 2 N–H and O–H groups in total. The Morgan fingerprint density at radius 3 is 2.46 bits per heavy atom. The largest absolute Gasteiger partial charge is 0.503 e. The summed E-state index contributed by atoms with van der Waals surface area (Å²) in [6, 6.07) is 14.4. The van der Waals surface area contributed by atoms with E-state index in [4.69, 9.17) is 21.3 Å². The molecule has 0 unspecified atom stereocenters. The number of benzene rings is 2. The maximum Gasteiger partial charge on any atom is 0.179 e. The Bertz CT molecular complexity index is 1510. The Labute approximate surface area is 209 Å². The quantitative estimate of drug-likeness (QED) is 0.361. The summed E-state index contributed by atoms with van der Waals surface area (Å²) in [7, 11) is 1.80. The summed E-state index contributed by atoms with van der Waals surface area (Å²) in [6.45, 7) is 0.788. The number of hydrogen-bond donors (Lipinski definition) is 2. The second kappa shape index (κ2) is 9.69. The highest BCUT2D eigenvalue weighted by molar-refractivity contribution is 7.90. The number of nitrogens with zero attached hydrogens (tertiary/aromatic N) is 3. The third-order valence-corrected chi connectivity index (χ3v) is 6.74. The molecule has 0 saturated heterocycles. The van der Waals surface area contributed by atoms with Gasteiger partial charge < -0.3 is 20.1 Å². The van der Waals surface area contributed by atoms with Gasteiger partial charge >= 0.3 is 0 Å². The van der Waals surface area contributed by atoms with Crippen molar-refractivity contribution in [1.29, 1.82) is 0 Å². The van der Waals surface area contributed by atoms with Gasteiger partial charge in [-0.15, -0.1) is 0 Å². The van der Waals surface area contributed by atoms with Gasteiger partial charge in [0, 0.05) is 30.2 Å². The number of hydrogen-bond acceptors (Lipinski definition) is 8. The average Bonchev–Trinajstić information content (AvgIpc) is 2.80. The minimum Gasteiger partial charge on any atom is -0.503 e. The van der Waals surface area contributed by atoms with Gasteiger partial charge in [-0.3, -0.25) is 4.98 Å². The van der Waals surface area contributed by atoms with Gasteiger partial charge in [-0.1, -0.05) is 23.7 Å². The monoisotopic (exact) mass is 512 g/mol. The van der Waals surface area contributed by atoms with E-state index in [0.717, 1.165) is 18.4 Å². The number of phenols is 1. The van der Waals surface area contributed by atoms with E-state index in [1.807, 2.05) is 38.4 Å². The highest BCUT2D eigenvalue weighted by Crippen LogP contribution is 2.39. The lowest BCUT2D eigenvalue weighted by atomic mass is 10.1. The van der Waals surface area contributed by atoms with Crippen molar-refractivity contribution in [2.75, 3.05) is 32.8 Å². The zero-order chi connectivity index (χ0) is 25.3. The predicted molar refractivity (Wildman–Crippen MR) is 138 cm³/mol. The van der Waals surface area contributed by atoms with Crippen LogP contribution in [0.1, 0.15) is 5.56 Å². The fourth-order valence-electron chi connectivity index (χ4n) is 3.69. The van der Waals surface area contributed by atoms with Crippen molar-refractivity contribution in [1.82, 2.24) is 14.9 Å². The number of phenolic OH excluding ortho intramolecular Hbond substituents is 1. The summed E-state index contributed by atoms with van der Waals surface area (Å²) < 4.78 is 30.4. The van der Waals surface area contributed by atoms with E-state index in [0.29, 0.717) is 33.7 Å². The van der Waals surface area contributed by atoms with Crippen LogP contribution in [0.3, 0.4) is 0 Å². The van der Waals surface area contributed by atoms with Crippen molar-refractivity contribution in [2.24, 2.45) is 0 Å². The van der Waals surface area contributed by atoms with Crippen LogP contribution in [-0.2, 0) is 16.4 Å². The number of fused-ring (bicyclic) bond motifs is 1. The van der Waals surface area contributed by atoms with Crippen molar-refractivity contribution in [3.63, 3.8) is 0 Å². The Hall–Kier alpha value is -3.40. The molecule has 0 bridgehead atoms. The van der Waals surface area contributed by atoms with Crippen LogP contribution in [0.15, 0.2) is 59.6 Å². The van der Waals surface area contributed by atoms with Crippen LogP contribution in [-0.4, -0.2) is 55.9 Å². The zero-order valence-electron chi connectivity index (χ0n) is 19.7. The molecule has 0 saturated carbocycles. The van der Waals surface area contributed by atoms with Crippen LogP contribution >= 0.6 is 11.6 Å². The second-order valence-corrected chi connectivity index (χ2v) is 10.8. The van der Waals surface area contributed by atoms with Crippen molar-refractivity contribution >= 4 is 43.8 Å². The number of anilines is 2. The van der Waals surface area contributed by atoms with Crippen molar-refractivity contribution < 1.29 is 18.3 Å². The number of methoxy groups -OCH3 is 1. The molecule has 8 nitrogen and oxygen atoms in total. The Balaban J connectivity index is 1.87. The fourth-order valence-corrected chi connectivity index (χ4v) is 4.67. The van der Waals surface area contributed by atoms with Gasteiger partial charge in [0.25, 0.3) is 0 Å². The first kappa shape index (κ1) is 24.7. The molecule has 4 aromatic rings. The summed E-state index contributed by atoms with van der Waals surface area (Å²) in [5.41, 5.74) is 4.17. The summed E-state index contributed by atoms with van der Waals surface area (Å²) in [5, 5.41) is 13.4. The van der Waals surface area contributed by atoms with E-state index >= 15 is 0 Å². The first-order valence-corrected chi connectivity index (χ1v) is 12.9. The minimum absolute atomic E-state index is 0.0355. The second-order valence-electron chi connectivity index (χ2n) is 8.40. The van der Waals surface area contributed by atoms with E-state index in [-0.39, 0.29) is 21.4 Å². The summed E-state index contributed by atoms with van der Waals surface area (Å²) in [5.74, 6) is 0.0355. The Morgan fingerprint density at radius 1 is 1.11 bits per heavy atom. The minimum atomic E-state index is -3.62. The highest BCUT2D eigenvalue weighted by atomic mass is 35.5. The fraction of sp³-hybridized carbons (Fsp3) is 0.200. The molecule has 4 rings (SSSR count). The van der Waals surface area contributed by atoms with Gasteiger partial charge in [-0.2, -0.15) is 0 Å². The predicted octanol–water partition coefficient (Wildman–Crippen LogP) is 4.87. The number of ether oxygens (including phenoxy) is 1. The van der Waals surface area contributed by atoms with E-state index in [1.165, 1.54) is 13.3 Å². The third kappa shape index (κ3) is 5.32. The highest BCUT2D eigenvalue weighted by Gasteiger charge is 2.20. The van der Waals surface area contributed by atoms with Crippen LogP contribution in [0.2, 0.25) is 5.02 Å². The van der Waals surface area contributed by atoms with Crippen LogP contribution in [0.4, 0.5) is 11.4 Å². The molecule has 10 heteroatoms. The lowest BCUT2D eigenvalue weighted by Crippen LogP contribution is -2.10. The number of rotatable bonds is 7. The van der Waals surface area contributed by atoms with E-state index in [1.54, 1.807) is 24.3 Å². The molecule has 0 aliphatic rings. The molecule has 35 heavy (non-hydrogen) atoms. The number of aromatic nitrogens is 2. The SMILES string of the molecule is COc1cc(-c2ccc3ncc(S(C)(=O)=O)c(Nc4ccc(CN(C)C)cc4)c3n2)cc(Cl)c1O. The van der Waals surface area contributed by atoms with Crippen LogP contribution < -0.4 is 10.1 Å². The van der Waals surface area contributed by atoms with Crippen LogP contribution in [0, 0.1) is 0 Å². The summed E-state index contributed by atoms with van der Waals surface area (Å²) >= 11 is 6.17. The van der Waals surface area contributed by atoms with Gasteiger partial charge in [0.15, 0.2) is 21.3 Å². The number of aromatic hydroxyl groups is 1. The van der Waals surface area contributed by atoms with Gasteiger partial charge in [-0.25, -0.2) is 13.4 Å². The van der Waals surface area contributed by atoms with E-state index in [2.05, 4.69) is 15.2 Å². The number of halogens is 1. The molecule has 0 aliphatic heterocycles. The molecule has 0 atom stereocenters. The molecule has 0 radical (unpaired) electrons. The van der Waals surface area contributed by atoms with Gasteiger partial charge in [0.05, 0.1) is 29.0 Å².